The smallest absolute Gasteiger partial charge is 0.311 e. The fourth-order valence-corrected chi connectivity index (χ4v) is 2.81. The van der Waals surface area contributed by atoms with Crippen LogP contribution in [0.2, 0.25) is 0 Å². The molecule has 1 aromatic rings. The Kier molecular flexibility index (Phi) is 4.74. The molecule has 0 aliphatic carbocycles. The Hall–Kier alpha value is -2.04. The van der Waals surface area contributed by atoms with E-state index in [-0.39, 0.29) is 11.8 Å². The minimum atomic E-state index is -0.830. The van der Waals surface area contributed by atoms with Gasteiger partial charge in [-0.1, -0.05) is 19.1 Å². The maximum absolute atomic E-state index is 12.4. The molecule has 1 N–H and O–H groups in total. The molecule has 2 unspecified atom stereocenters. The van der Waals surface area contributed by atoms with Gasteiger partial charge in [-0.15, -0.1) is 0 Å². The molecule has 0 aromatic heterocycles. The van der Waals surface area contributed by atoms with E-state index in [1.54, 1.807) is 18.9 Å². The lowest BCUT2D eigenvalue weighted by Gasteiger charge is -2.22. The summed E-state index contributed by atoms with van der Waals surface area (Å²) in [5, 5.41) is 9.24. The third-order valence-electron chi connectivity index (χ3n) is 4.49. The summed E-state index contributed by atoms with van der Waals surface area (Å²) >= 11 is 0. The number of benzene rings is 1. The molecule has 0 radical (unpaired) electrons. The summed E-state index contributed by atoms with van der Waals surface area (Å²) < 4.78 is 5.20. The van der Waals surface area contributed by atoms with E-state index in [9.17, 15) is 14.7 Å². The van der Waals surface area contributed by atoms with Crippen LogP contribution in [-0.2, 0) is 9.59 Å². The number of carboxylic acids is 1. The van der Waals surface area contributed by atoms with Gasteiger partial charge in [-0.05, 0) is 37.0 Å². The molecule has 0 spiro atoms. The van der Waals surface area contributed by atoms with Gasteiger partial charge in [0.05, 0.1) is 12.5 Å². The van der Waals surface area contributed by atoms with Gasteiger partial charge in [-0.2, -0.15) is 0 Å². The Bertz CT molecular complexity index is 572. The Labute approximate surface area is 130 Å². The second-order valence-electron chi connectivity index (χ2n) is 6.31. The average molecular weight is 305 g/mol. The minimum absolute atomic E-state index is 0.0142. The standard InChI is InChI=1S/C17H23NO4/c1-12(13-5-4-6-14(10-13)22-3)9-15(19)18-8-7-17(2,11-18)16(20)21/h4-6,10,12H,7-9,11H2,1-3H3,(H,20,21). The number of carboxylic acid groups (broad SMARTS) is 1. The highest BCUT2D eigenvalue weighted by molar-refractivity contribution is 5.81. The molecule has 1 aliphatic rings. The molecule has 1 aromatic carbocycles. The van der Waals surface area contributed by atoms with E-state index >= 15 is 0 Å². The summed E-state index contributed by atoms with van der Waals surface area (Å²) in [7, 11) is 1.62. The summed E-state index contributed by atoms with van der Waals surface area (Å²) in [4.78, 5) is 25.3. The number of amides is 1. The van der Waals surface area contributed by atoms with Crippen molar-refractivity contribution in [3.05, 3.63) is 29.8 Å². The first kappa shape index (κ1) is 16.3. The van der Waals surface area contributed by atoms with Gasteiger partial charge in [-0.25, -0.2) is 0 Å². The summed E-state index contributed by atoms with van der Waals surface area (Å²) in [6.07, 6.45) is 0.893. The van der Waals surface area contributed by atoms with Crippen molar-refractivity contribution in [2.45, 2.75) is 32.6 Å². The number of ether oxygens (including phenoxy) is 1. The van der Waals surface area contributed by atoms with Crippen LogP contribution in [0.25, 0.3) is 0 Å². The maximum atomic E-state index is 12.4. The lowest BCUT2D eigenvalue weighted by molar-refractivity contribution is -0.147. The Balaban J connectivity index is 1.98. The van der Waals surface area contributed by atoms with Crippen molar-refractivity contribution in [2.24, 2.45) is 5.41 Å². The predicted molar refractivity (Wildman–Crippen MR) is 83.0 cm³/mol. The molecule has 0 bridgehead atoms. The molecule has 2 rings (SSSR count). The molecule has 5 heteroatoms. The lowest BCUT2D eigenvalue weighted by atomic mass is 9.90. The van der Waals surface area contributed by atoms with Crippen LogP contribution in [0.5, 0.6) is 5.75 Å². The van der Waals surface area contributed by atoms with Crippen LogP contribution < -0.4 is 4.74 Å². The molecule has 1 fully saturated rings. The van der Waals surface area contributed by atoms with E-state index in [2.05, 4.69) is 0 Å². The zero-order valence-corrected chi connectivity index (χ0v) is 13.3. The molecule has 5 nitrogen and oxygen atoms in total. The number of rotatable bonds is 5. The molecule has 2 atom stereocenters. The average Bonchev–Trinajstić information content (AvgIpc) is 2.91. The number of hydrogen-bond donors (Lipinski definition) is 1. The van der Waals surface area contributed by atoms with Crippen LogP contribution in [0, 0.1) is 5.41 Å². The molecule has 1 saturated heterocycles. The van der Waals surface area contributed by atoms with Crippen LogP contribution in [0.3, 0.4) is 0 Å². The van der Waals surface area contributed by atoms with E-state index in [1.807, 2.05) is 31.2 Å². The highest BCUT2D eigenvalue weighted by atomic mass is 16.5. The molecular formula is C17H23NO4. The Morgan fingerprint density at radius 2 is 2.18 bits per heavy atom. The monoisotopic (exact) mass is 305 g/mol. The predicted octanol–water partition coefficient (Wildman–Crippen LogP) is 2.51. The first-order valence-electron chi connectivity index (χ1n) is 7.51. The van der Waals surface area contributed by atoms with E-state index < -0.39 is 11.4 Å². The summed E-state index contributed by atoms with van der Waals surface area (Å²) in [6.45, 7) is 4.52. The van der Waals surface area contributed by atoms with E-state index in [0.29, 0.717) is 25.9 Å². The van der Waals surface area contributed by atoms with Crippen molar-refractivity contribution >= 4 is 11.9 Å². The van der Waals surface area contributed by atoms with Gasteiger partial charge in [0, 0.05) is 19.5 Å². The van der Waals surface area contributed by atoms with Crippen molar-refractivity contribution in [3.8, 4) is 5.75 Å². The van der Waals surface area contributed by atoms with Gasteiger partial charge in [0.1, 0.15) is 5.75 Å². The normalized spacial score (nSPS) is 22.4. The molecule has 120 valence electrons. The van der Waals surface area contributed by atoms with Crippen LogP contribution in [0.1, 0.15) is 38.2 Å². The number of hydrogen-bond acceptors (Lipinski definition) is 3. The first-order valence-corrected chi connectivity index (χ1v) is 7.51. The summed E-state index contributed by atoms with van der Waals surface area (Å²) in [6, 6.07) is 7.69. The van der Waals surface area contributed by atoms with Crippen molar-refractivity contribution in [1.29, 1.82) is 0 Å². The van der Waals surface area contributed by atoms with Crippen LogP contribution in [0.4, 0.5) is 0 Å². The minimum Gasteiger partial charge on any atom is -0.497 e. The second kappa shape index (κ2) is 6.38. The quantitative estimate of drug-likeness (QED) is 0.907. The number of methoxy groups -OCH3 is 1. The maximum Gasteiger partial charge on any atom is 0.311 e. The highest BCUT2D eigenvalue weighted by Gasteiger charge is 2.42. The summed E-state index contributed by atoms with van der Waals surface area (Å²) in [5.41, 5.74) is 0.238. The topological polar surface area (TPSA) is 66.8 Å². The number of likely N-dealkylation sites (tertiary alicyclic amines) is 1. The summed E-state index contributed by atoms with van der Waals surface area (Å²) in [5.74, 6) is 0.0275. The van der Waals surface area contributed by atoms with Gasteiger partial charge in [0.2, 0.25) is 5.91 Å². The van der Waals surface area contributed by atoms with E-state index in [4.69, 9.17) is 4.74 Å². The number of aliphatic carboxylic acids is 1. The van der Waals surface area contributed by atoms with Crippen LogP contribution in [-0.4, -0.2) is 42.1 Å². The van der Waals surface area contributed by atoms with Crippen molar-refractivity contribution in [3.63, 3.8) is 0 Å². The lowest BCUT2D eigenvalue weighted by Crippen LogP contribution is -2.35. The zero-order chi connectivity index (χ0) is 16.3. The SMILES string of the molecule is COc1cccc(C(C)CC(=O)N2CCC(C)(C(=O)O)C2)c1. The largest absolute Gasteiger partial charge is 0.497 e. The molecule has 1 heterocycles. The van der Waals surface area contributed by atoms with Gasteiger partial charge in [0.15, 0.2) is 0 Å². The molecule has 1 aliphatic heterocycles. The number of carbonyl (C=O) groups excluding carboxylic acids is 1. The van der Waals surface area contributed by atoms with Gasteiger partial charge >= 0.3 is 5.97 Å². The molecular weight excluding hydrogens is 282 g/mol. The third kappa shape index (κ3) is 3.40. The van der Waals surface area contributed by atoms with Crippen molar-refractivity contribution in [2.75, 3.05) is 20.2 Å². The van der Waals surface area contributed by atoms with E-state index in [0.717, 1.165) is 11.3 Å². The number of nitrogens with zero attached hydrogens (tertiary/aromatic N) is 1. The van der Waals surface area contributed by atoms with Crippen molar-refractivity contribution < 1.29 is 19.4 Å². The first-order chi connectivity index (χ1) is 10.4. The van der Waals surface area contributed by atoms with Gasteiger partial charge in [-0.3, -0.25) is 9.59 Å². The van der Waals surface area contributed by atoms with Crippen molar-refractivity contribution in [1.82, 2.24) is 4.90 Å². The molecule has 22 heavy (non-hydrogen) atoms. The van der Waals surface area contributed by atoms with Crippen LogP contribution >= 0.6 is 0 Å². The van der Waals surface area contributed by atoms with Gasteiger partial charge < -0.3 is 14.7 Å². The fourth-order valence-electron chi connectivity index (χ4n) is 2.81. The molecule has 0 saturated carbocycles. The Morgan fingerprint density at radius 3 is 2.77 bits per heavy atom. The van der Waals surface area contributed by atoms with E-state index in [1.165, 1.54) is 0 Å². The molecule has 1 amide bonds. The number of carbonyl (C=O) groups is 2. The third-order valence-corrected chi connectivity index (χ3v) is 4.49. The van der Waals surface area contributed by atoms with Crippen LogP contribution in [0.15, 0.2) is 24.3 Å². The van der Waals surface area contributed by atoms with Gasteiger partial charge in [0.25, 0.3) is 0 Å². The highest BCUT2D eigenvalue weighted by Crippen LogP contribution is 2.32. The Morgan fingerprint density at radius 1 is 1.45 bits per heavy atom. The fraction of sp³-hybridized carbons (Fsp3) is 0.529. The second-order valence-corrected chi connectivity index (χ2v) is 6.31. The zero-order valence-electron chi connectivity index (χ0n) is 13.3.